The lowest BCUT2D eigenvalue weighted by Gasteiger charge is -2.76. The highest BCUT2D eigenvalue weighted by molar-refractivity contribution is 5.42. The van der Waals surface area contributed by atoms with Crippen molar-refractivity contribution in [2.75, 3.05) is 0 Å². The van der Waals surface area contributed by atoms with Gasteiger partial charge in [0.05, 0.1) is 0 Å². The Labute approximate surface area is 678 Å². The first-order valence-electron chi connectivity index (χ1n) is 48.5. The summed E-state index contributed by atoms with van der Waals surface area (Å²) in [7, 11) is 0. The Kier molecular flexibility index (Phi) is 41.3. The van der Waals surface area contributed by atoms with Crippen molar-refractivity contribution < 1.29 is 0 Å². The van der Waals surface area contributed by atoms with Crippen LogP contribution in [-0.4, -0.2) is 0 Å². The van der Waals surface area contributed by atoms with Gasteiger partial charge in [0.2, 0.25) is 0 Å². The average molecular weight is 1490 g/mol. The summed E-state index contributed by atoms with van der Waals surface area (Å²) < 4.78 is 0. The maximum atomic E-state index is 2.48. The Morgan fingerprint density at radius 1 is 0.308 bits per heavy atom. The van der Waals surface area contributed by atoms with Crippen LogP contribution >= 0.6 is 0 Å². The van der Waals surface area contributed by atoms with Crippen LogP contribution in [-0.2, 0) is 5.41 Å². The molecule has 10 aliphatic carbocycles. The molecular formula is C107H204. The van der Waals surface area contributed by atoms with E-state index in [0.29, 0.717) is 33.0 Å². The molecule has 30 atom stereocenters. The highest BCUT2D eigenvalue weighted by atomic mass is 14.8. The van der Waals surface area contributed by atoms with Crippen LogP contribution in [0, 0.1) is 218 Å². The number of hydrogen-bond acceptors (Lipinski definition) is 0. The number of benzene rings is 1. The smallest absolute Gasteiger partial charge is 0.00442 e. The van der Waals surface area contributed by atoms with Crippen molar-refractivity contribution in [3.05, 3.63) is 34.9 Å². The highest BCUT2D eigenvalue weighted by Crippen LogP contribution is 2.77. The zero-order chi connectivity index (χ0) is 82.3. The summed E-state index contributed by atoms with van der Waals surface area (Å²) in [6.45, 7) is 101. The van der Waals surface area contributed by atoms with Crippen molar-refractivity contribution in [2.45, 2.75) is 437 Å². The molecule has 1 aromatic carbocycles. The van der Waals surface area contributed by atoms with E-state index in [2.05, 4.69) is 309 Å². The van der Waals surface area contributed by atoms with Gasteiger partial charge < -0.3 is 0 Å². The molecule has 0 spiro atoms. The van der Waals surface area contributed by atoms with E-state index < -0.39 is 0 Å². The van der Waals surface area contributed by atoms with Gasteiger partial charge in [-0.2, -0.15) is 0 Å². The number of rotatable bonds is 10. The van der Waals surface area contributed by atoms with Crippen molar-refractivity contribution in [1.82, 2.24) is 0 Å². The molecule has 0 heteroatoms. The van der Waals surface area contributed by atoms with E-state index in [1.165, 1.54) is 140 Å². The Morgan fingerprint density at radius 2 is 0.598 bits per heavy atom. The fourth-order valence-corrected chi connectivity index (χ4v) is 26.2. The number of fused-ring (bicyclic) bond motifs is 2. The van der Waals surface area contributed by atoms with Gasteiger partial charge >= 0.3 is 0 Å². The van der Waals surface area contributed by atoms with Crippen molar-refractivity contribution in [3.8, 4) is 0 Å². The van der Waals surface area contributed by atoms with Crippen molar-refractivity contribution in [2.24, 2.45) is 211 Å². The van der Waals surface area contributed by atoms with Crippen LogP contribution in [0.3, 0.4) is 0 Å². The van der Waals surface area contributed by atoms with Gasteiger partial charge in [0.15, 0.2) is 0 Å². The SMILES string of the molecule is CC1(C)C(C)(C)C(C)(C)C1(C)C.CC1CC(C)C(C)C1C.CC1CC(C)C(C)CC1C.CC1CC(C)C2C(C)CC(C)C12.CCC(C)C1(C)CC(C)C(C)c2cc(C)ccc21.CCC(C)C1CCC(C(C)CC)CC1.CCC(C)C1CCC(C)C(C)C1.CCC1C(C)CC(C)C1C.CCC1C(C)CC(C)C1C. The molecule has 0 bridgehead atoms. The molecule has 107 heavy (non-hydrogen) atoms. The third-order valence-corrected chi connectivity index (χ3v) is 39.1. The fraction of sp³-hybridized carbons (Fsp3) is 0.944. The van der Waals surface area contributed by atoms with Gasteiger partial charge in [-0.3, -0.25) is 0 Å². The maximum absolute atomic E-state index is 2.48. The van der Waals surface area contributed by atoms with E-state index in [1.54, 1.807) is 11.1 Å². The lowest BCUT2D eigenvalue weighted by atomic mass is 9.28. The lowest BCUT2D eigenvalue weighted by molar-refractivity contribution is -0.283. The lowest BCUT2D eigenvalue weighted by Crippen LogP contribution is -2.70. The van der Waals surface area contributed by atoms with Crippen molar-refractivity contribution >= 4 is 0 Å². The normalized spacial score (nSPS) is 42.6. The zero-order valence-electron chi connectivity index (χ0n) is 81.6. The summed E-state index contributed by atoms with van der Waals surface area (Å²) in [5.41, 5.74) is 6.79. The average Bonchev–Trinajstić information content (AvgIpc) is 1.31. The van der Waals surface area contributed by atoms with Gasteiger partial charge in [-0.05, 0) is 330 Å². The molecular weight excluding hydrogens is 1290 g/mol. The summed E-state index contributed by atoms with van der Waals surface area (Å²) in [5, 5.41) is 0. The Morgan fingerprint density at radius 3 is 0.869 bits per heavy atom. The summed E-state index contributed by atoms with van der Waals surface area (Å²) in [6.07, 6.45) is 30.2. The van der Waals surface area contributed by atoms with Crippen LogP contribution in [0.25, 0.3) is 0 Å². The molecule has 0 heterocycles. The van der Waals surface area contributed by atoms with Crippen LogP contribution in [0.1, 0.15) is 441 Å². The van der Waals surface area contributed by atoms with E-state index in [9.17, 15) is 0 Å². The molecule has 0 saturated heterocycles. The Hall–Kier alpha value is -0.780. The van der Waals surface area contributed by atoms with Crippen LogP contribution < -0.4 is 0 Å². The molecule has 632 valence electrons. The molecule has 11 rings (SSSR count). The third-order valence-electron chi connectivity index (χ3n) is 39.1. The zero-order valence-corrected chi connectivity index (χ0v) is 81.6. The van der Waals surface area contributed by atoms with E-state index in [4.69, 9.17) is 0 Å². The molecule has 9 fully saturated rings. The molecule has 0 nitrogen and oxygen atoms in total. The maximum Gasteiger partial charge on any atom is -0.00442 e. The van der Waals surface area contributed by atoms with Crippen LogP contribution in [0.4, 0.5) is 0 Å². The second kappa shape index (κ2) is 44.0. The highest BCUT2D eigenvalue weighted by Gasteiger charge is 2.71. The van der Waals surface area contributed by atoms with E-state index >= 15 is 0 Å². The first-order chi connectivity index (χ1) is 49.4. The molecule has 0 N–H and O–H groups in total. The minimum Gasteiger partial charge on any atom is -0.0651 e. The molecule has 30 unspecified atom stereocenters. The van der Waals surface area contributed by atoms with Gasteiger partial charge in [-0.1, -0.05) is 353 Å². The standard InChI is InChI=1S/C18H28.C14H28.C12H22.2C12H24.3C10H20.C9H18/c1-7-14(4)18(6)11-13(3)15(5)16-10-12(2)8-9-17(16)18;1-5-11(3)13-7-9-14(10-8-13)12(4)6-2;1-7-5-8(2)12-10(4)6-9(3)11(7)12;1-9(2)10(3,4)12(7,8)11(9,5)6;1-5-9(2)12-7-6-10(3)11(4)8-12;1-7-5-9(3)10(4)6-8(7)2;2*1-5-10-8(3)6-7(2)9(10)4;1-6-5-7(2)9(4)8(6)3/h8-10,13-15H,7,11H2,1-6H3;11-14H,5-10H2,1-4H3;7-12H,5-6H2,1-4H3;1-8H3;9-12H,5-8H2,1-4H3;3*7-10H,5-6H2,1-4H3;6-9H,5H2,1-4H3. The van der Waals surface area contributed by atoms with Gasteiger partial charge in [0, 0.05) is 0 Å². The molecule has 1 aromatic rings. The summed E-state index contributed by atoms with van der Waals surface area (Å²) in [5.74, 6) is 31.9. The molecule has 9 saturated carbocycles. The topological polar surface area (TPSA) is 0 Å². The number of aryl methyl sites for hydroxylation is 1. The minimum absolute atomic E-state index is 0.365. The largest absolute Gasteiger partial charge is 0.0651 e. The van der Waals surface area contributed by atoms with E-state index in [0.717, 1.165) is 189 Å². The van der Waals surface area contributed by atoms with Gasteiger partial charge in [0.25, 0.3) is 0 Å². The molecule has 10 aliphatic rings. The predicted molar refractivity (Wildman–Crippen MR) is 487 cm³/mol. The minimum atomic E-state index is 0.365. The summed E-state index contributed by atoms with van der Waals surface area (Å²) in [6, 6.07) is 7.12. The summed E-state index contributed by atoms with van der Waals surface area (Å²) >= 11 is 0. The van der Waals surface area contributed by atoms with Crippen LogP contribution in [0.2, 0.25) is 0 Å². The van der Waals surface area contributed by atoms with Gasteiger partial charge in [-0.15, -0.1) is 0 Å². The molecule has 0 aromatic heterocycles. The van der Waals surface area contributed by atoms with Gasteiger partial charge in [0.1, 0.15) is 0 Å². The van der Waals surface area contributed by atoms with E-state index in [-0.39, 0.29) is 0 Å². The van der Waals surface area contributed by atoms with E-state index in [1.807, 2.05) is 0 Å². The number of hydrogen-bond donors (Lipinski definition) is 0. The molecule has 0 aliphatic heterocycles. The Bertz CT molecular complexity index is 2380. The van der Waals surface area contributed by atoms with Crippen molar-refractivity contribution in [1.29, 1.82) is 0 Å². The molecule has 0 amide bonds. The second-order valence-electron chi connectivity index (χ2n) is 45.7. The Balaban J connectivity index is 0.000000315. The first kappa shape index (κ1) is 100. The monoisotopic (exact) mass is 1490 g/mol. The van der Waals surface area contributed by atoms with Crippen molar-refractivity contribution in [3.63, 3.8) is 0 Å². The summed E-state index contributed by atoms with van der Waals surface area (Å²) in [4.78, 5) is 0. The van der Waals surface area contributed by atoms with Crippen LogP contribution in [0.15, 0.2) is 18.2 Å². The first-order valence-corrected chi connectivity index (χ1v) is 48.5. The fourth-order valence-electron chi connectivity index (χ4n) is 26.2. The predicted octanol–water partition coefficient (Wildman–Crippen LogP) is 35.0. The second-order valence-corrected chi connectivity index (χ2v) is 45.7. The third kappa shape index (κ3) is 24.9. The molecule has 0 radical (unpaired) electrons. The van der Waals surface area contributed by atoms with Crippen LogP contribution in [0.5, 0.6) is 0 Å². The quantitative estimate of drug-likeness (QED) is 0.219. The van der Waals surface area contributed by atoms with Gasteiger partial charge in [-0.25, -0.2) is 0 Å².